The van der Waals surface area contributed by atoms with E-state index in [2.05, 4.69) is 27.1 Å². The Hall–Kier alpha value is -2.15. The Bertz CT molecular complexity index is 877. The van der Waals surface area contributed by atoms with Gasteiger partial charge in [-0.15, -0.1) is 0 Å². The molecule has 3 heterocycles. The number of halogens is 1. The summed E-state index contributed by atoms with van der Waals surface area (Å²) in [6.45, 7) is 5.46. The average molecular weight is 429 g/mol. The minimum atomic E-state index is -0.660. The Morgan fingerprint density at radius 2 is 1.87 bits per heavy atom. The Kier molecular flexibility index (Phi) is 6.56. The highest BCUT2D eigenvalue weighted by Crippen LogP contribution is 2.39. The number of carbonyl (C=O) groups excluding carboxylic acids is 1. The summed E-state index contributed by atoms with van der Waals surface area (Å²) in [7, 11) is 2.14. The largest absolute Gasteiger partial charge is 0.381 e. The maximum atomic E-state index is 13.5. The van der Waals surface area contributed by atoms with Crippen molar-refractivity contribution in [2.45, 2.75) is 24.8 Å². The molecule has 0 unspecified atom stereocenters. The van der Waals surface area contributed by atoms with Gasteiger partial charge in [-0.1, -0.05) is 35.9 Å². The number of nitrogens with one attached hydrogen (secondary N) is 1. The molecule has 0 spiro atoms. The van der Waals surface area contributed by atoms with E-state index in [1.807, 2.05) is 42.6 Å². The molecule has 1 aromatic heterocycles. The topological polar surface area (TPSA) is 57.7 Å². The van der Waals surface area contributed by atoms with Gasteiger partial charge in [0.25, 0.3) is 0 Å². The van der Waals surface area contributed by atoms with Crippen molar-refractivity contribution in [2.75, 3.05) is 51.3 Å². The number of hydrogen-bond acceptors (Lipinski definition) is 5. The predicted octanol–water partition coefficient (Wildman–Crippen LogP) is 2.85. The number of likely N-dealkylation sites (N-methyl/N-ethyl adjacent to an activating group) is 1. The van der Waals surface area contributed by atoms with E-state index in [0.717, 1.165) is 43.1 Å². The lowest BCUT2D eigenvalue weighted by molar-refractivity contribution is -0.130. The van der Waals surface area contributed by atoms with Crippen LogP contribution in [-0.4, -0.2) is 62.2 Å². The van der Waals surface area contributed by atoms with Crippen molar-refractivity contribution in [3.8, 4) is 0 Å². The van der Waals surface area contributed by atoms with E-state index in [-0.39, 0.29) is 5.91 Å². The first-order valence-electron chi connectivity index (χ1n) is 10.6. The Balaban J connectivity index is 1.53. The van der Waals surface area contributed by atoms with Crippen molar-refractivity contribution >= 4 is 23.3 Å². The molecule has 2 saturated heterocycles. The fourth-order valence-corrected chi connectivity index (χ4v) is 4.72. The lowest BCUT2D eigenvalue weighted by Crippen LogP contribution is -2.48. The van der Waals surface area contributed by atoms with Crippen molar-refractivity contribution in [1.29, 1.82) is 0 Å². The molecule has 30 heavy (non-hydrogen) atoms. The summed E-state index contributed by atoms with van der Waals surface area (Å²) in [6, 6.07) is 11.6. The first kappa shape index (κ1) is 21.1. The molecule has 2 aromatic rings. The number of benzene rings is 1. The second-order valence-electron chi connectivity index (χ2n) is 8.13. The predicted molar refractivity (Wildman–Crippen MR) is 119 cm³/mol. The number of rotatable bonds is 5. The molecule has 1 N–H and O–H groups in total. The van der Waals surface area contributed by atoms with E-state index in [4.69, 9.17) is 16.3 Å². The Labute approximate surface area is 183 Å². The van der Waals surface area contributed by atoms with Gasteiger partial charge in [0, 0.05) is 62.7 Å². The van der Waals surface area contributed by atoms with Crippen LogP contribution in [0.25, 0.3) is 0 Å². The molecule has 0 aliphatic carbocycles. The summed E-state index contributed by atoms with van der Waals surface area (Å²) in [6.07, 6.45) is 3.07. The number of piperazine rings is 1. The van der Waals surface area contributed by atoms with Gasteiger partial charge < -0.3 is 19.9 Å². The minimum Gasteiger partial charge on any atom is -0.381 e. The number of hydrogen-bond donors (Lipinski definition) is 1. The van der Waals surface area contributed by atoms with Crippen molar-refractivity contribution in [2.24, 2.45) is 0 Å². The molecule has 0 saturated carbocycles. The molecule has 160 valence electrons. The third-order valence-corrected chi connectivity index (χ3v) is 6.61. The van der Waals surface area contributed by atoms with Crippen LogP contribution in [-0.2, 0) is 21.5 Å². The quantitative estimate of drug-likeness (QED) is 0.793. The zero-order valence-electron chi connectivity index (χ0n) is 17.4. The van der Waals surface area contributed by atoms with E-state index >= 15 is 0 Å². The van der Waals surface area contributed by atoms with Gasteiger partial charge in [0.05, 0.1) is 5.41 Å². The van der Waals surface area contributed by atoms with E-state index in [1.165, 1.54) is 0 Å². The van der Waals surface area contributed by atoms with E-state index in [0.29, 0.717) is 37.6 Å². The number of aromatic nitrogens is 1. The molecule has 7 heteroatoms. The van der Waals surface area contributed by atoms with Gasteiger partial charge in [-0.2, -0.15) is 0 Å². The molecule has 0 radical (unpaired) electrons. The second-order valence-corrected chi connectivity index (χ2v) is 8.54. The van der Waals surface area contributed by atoms with E-state index < -0.39 is 5.41 Å². The summed E-state index contributed by atoms with van der Waals surface area (Å²) >= 11 is 6.51. The van der Waals surface area contributed by atoms with Crippen molar-refractivity contribution < 1.29 is 9.53 Å². The van der Waals surface area contributed by atoms with Crippen LogP contribution in [0, 0.1) is 0 Å². The maximum Gasteiger partial charge on any atom is 0.231 e. The highest BCUT2D eigenvalue weighted by Gasteiger charge is 2.42. The standard InChI is InChI=1S/C23H29ClN4O2/c1-27-11-13-28(14-12-27)21-18(5-4-10-25-21)17-26-22(29)23(8-15-30-16-9-23)19-6-2-3-7-20(19)24/h2-7,10H,8-9,11-17H2,1H3,(H,26,29). The zero-order valence-corrected chi connectivity index (χ0v) is 18.2. The lowest BCUT2D eigenvalue weighted by Gasteiger charge is -2.37. The van der Waals surface area contributed by atoms with Crippen LogP contribution in [0.15, 0.2) is 42.6 Å². The third kappa shape index (κ3) is 4.31. The first-order valence-corrected chi connectivity index (χ1v) is 11.0. The summed E-state index contributed by atoms with van der Waals surface area (Å²) in [4.78, 5) is 22.8. The van der Waals surface area contributed by atoms with Crippen molar-refractivity contribution in [3.05, 3.63) is 58.7 Å². The van der Waals surface area contributed by atoms with Crippen LogP contribution in [0.3, 0.4) is 0 Å². The Morgan fingerprint density at radius 3 is 2.60 bits per heavy atom. The van der Waals surface area contributed by atoms with E-state index in [1.54, 1.807) is 0 Å². The Morgan fingerprint density at radius 1 is 1.13 bits per heavy atom. The van der Waals surface area contributed by atoms with Crippen LogP contribution < -0.4 is 10.2 Å². The molecule has 0 bridgehead atoms. The lowest BCUT2D eigenvalue weighted by atomic mass is 9.73. The van der Waals surface area contributed by atoms with Crippen LogP contribution in [0.2, 0.25) is 5.02 Å². The van der Waals surface area contributed by atoms with Gasteiger partial charge in [-0.05, 0) is 37.6 Å². The molecular weight excluding hydrogens is 400 g/mol. The van der Waals surface area contributed by atoms with Gasteiger partial charge in [-0.25, -0.2) is 4.98 Å². The molecular formula is C23H29ClN4O2. The van der Waals surface area contributed by atoms with Gasteiger partial charge >= 0.3 is 0 Å². The number of ether oxygens (including phenoxy) is 1. The fourth-order valence-electron chi connectivity index (χ4n) is 4.40. The first-order chi connectivity index (χ1) is 14.6. The normalized spacial score (nSPS) is 19.5. The highest BCUT2D eigenvalue weighted by molar-refractivity contribution is 6.31. The summed E-state index contributed by atoms with van der Waals surface area (Å²) in [5.74, 6) is 0.969. The highest BCUT2D eigenvalue weighted by atomic mass is 35.5. The molecule has 2 aliphatic heterocycles. The SMILES string of the molecule is CN1CCN(c2ncccc2CNC(=O)C2(c3ccccc3Cl)CCOCC2)CC1. The minimum absolute atomic E-state index is 0.00656. The van der Waals surface area contributed by atoms with Crippen molar-refractivity contribution in [1.82, 2.24) is 15.2 Å². The van der Waals surface area contributed by atoms with Gasteiger partial charge in [0.15, 0.2) is 0 Å². The second kappa shape index (κ2) is 9.33. The molecule has 2 aliphatic rings. The summed E-state index contributed by atoms with van der Waals surface area (Å²) in [5, 5.41) is 3.83. The number of pyridine rings is 1. The van der Waals surface area contributed by atoms with E-state index in [9.17, 15) is 4.79 Å². The molecule has 2 fully saturated rings. The summed E-state index contributed by atoms with van der Waals surface area (Å²) in [5.41, 5.74) is 1.27. The summed E-state index contributed by atoms with van der Waals surface area (Å²) < 4.78 is 5.56. The number of nitrogens with zero attached hydrogens (tertiary/aromatic N) is 3. The molecule has 0 atom stereocenters. The average Bonchev–Trinajstić information content (AvgIpc) is 2.79. The number of carbonyl (C=O) groups is 1. The van der Waals surface area contributed by atoms with Crippen molar-refractivity contribution in [3.63, 3.8) is 0 Å². The van der Waals surface area contributed by atoms with Crippen LogP contribution in [0.5, 0.6) is 0 Å². The van der Waals surface area contributed by atoms with Crippen LogP contribution >= 0.6 is 11.6 Å². The monoisotopic (exact) mass is 428 g/mol. The molecule has 1 amide bonds. The van der Waals surface area contributed by atoms with Gasteiger partial charge in [0.1, 0.15) is 5.82 Å². The number of anilines is 1. The van der Waals surface area contributed by atoms with Crippen LogP contribution in [0.4, 0.5) is 5.82 Å². The van der Waals surface area contributed by atoms with Crippen LogP contribution in [0.1, 0.15) is 24.0 Å². The van der Waals surface area contributed by atoms with Gasteiger partial charge in [0.2, 0.25) is 5.91 Å². The zero-order chi connectivity index (χ0) is 21.0. The molecule has 4 rings (SSSR count). The maximum absolute atomic E-state index is 13.5. The third-order valence-electron chi connectivity index (χ3n) is 6.28. The number of amides is 1. The molecule has 6 nitrogen and oxygen atoms in total. The van der Waals surface area contributed by atoms with Gasteiger partial charge in [-0.3, -0.25) is 4.79 Å². The fraction of sp³-hybridized carbons (Fsp3) is 0.478. The molecule has 1 aromatic carbocycles. The smallest absolute Gasteiger partial charge is 0.231 e.